The van der Waals surface area contributed by atoms with Gasteiger partial charge in [-0.2, -0.15) is 0 Å². The van der Waals surface area contributed by atoms with Gasteiger partial charge in [-0.3, -0.25) is 0 Å². The van der Waals surface area contributed by atoms with Gasteiger partial charge in [-0.15, -0.1) is 0 Å². The zero-order valence-corrected chi connectivity index (χ0v) is 10.5. The molecule has 7 nitrogen and oxygen atoms in total. The SMILES string of the molecule is O=C(Nc1ccccc1)N[C@@H](Cc1cnc[nH]1)C(=O)O. The third-order valence-electron chi connectivity index (χ3n) is 2.61. The van der Waals surface area contributed by atoms with Crippen molar-refractivity contribution in [2.24, 2.45) is 0 Å². The first-order valence-electron chi connectivity index (χ1n) is 5.98. The summed E-state index contributed by atoms with van der Waals surface area (Å²) in [5, 5.41) is 14.1. The van der Waals surface area contributed by atoms with Crippen molar-refractivity contribution < 1.29 is 14.7 Å². The summed E-state index contributed by atoms with van der Waals surface area (Å²) >= 11 is 0. The quantitative estimate of drug-likeness (QED) is 0.657. The van der Waals surface area contributed by atoms with E-state index in [-0.39, 0.29) is 6.42 Å². The summed E-state index contributed by atoms with van der Waals surface area (Å²) in [7, 11) is 0. The fraction of sp³-hybridized carbons (Fsp3) is 0.154. The molecule has 4 N–H and O–H groups in total. The number of nitrogens with one attached hydrogen (secondary N) is 3. The molecule has 20 heavy (non-hydrogen) atoms. The Bertz CT molecular complexity index is 569. The van der Waals surface area contributed by atoms with Crippen LogP contribution < -0.4 is 10.6 Å². The van der Waals surface area contributed by atoms with Crippen LogP contribution in [0, 0.1) is 0 Å². The maximum absolute atomic E-state index is 11.7. The zero-order valence-electron chi connectivity index (χ0n) is 10.5. The summed E-state index contributed by atoms with van der Waals surface area (Å²) in [5.74, 6) is -1.11. The van der Waals surface area contributed by atoms with E-state index in [4.69, 9.17) is 5.11 Å². The lowest BCUT2D eigenvalue weighted by molar-refractivity contribution is -0.139. The van der Waals surface area contributed by atoms with Gasteiger partial charge in [-0.05, 0) is 12.1 Å². The first kappa shape index (κ1) is 13.6. The van der Waals surface area contributed by atoms with Crippen molar-refractivity contribution in [1.29, 1.82) is 0 Å². The van der Waals surface area contributed by atoms with Crippen molar-refractivity contribution in [3.8, 4) is 0 Å². The Balaban J connectivity index is 1.94. The van der Waals surface area contributed by atoms with Gasteiger partial charge in [-0.25, -0.2) is 14.6 Å². The van der Waals surface area contributed by atoms with Crippen LogP contribution in [0.25, 0.3) is 0 Å². The number of hydrogen-bond donors (Lipinski definition) is 4. The number of carboxylic acid groups (broad SMARTS) is 1. The van der Waals surface area contributed by atoms with Gasteiger partial charge < -0.3 is 20.7 Å². The summed E-state index contributed by atoms with van der Waals surface area (Å²) in [6, 6.07) is 7.20. The average molecular weight is 274 g/mol. The van der Waals surface area contributed by atoms with Crippen molar-refractivity contribution in [2.75, 3.05) is 5.32 Å². The number of carboxylic acids is 1. The molecule has 0 saturated carbocycles. The molecule has 0 aliphatic heterocycles. The van der Waals surface area contributed by atoms with Gasteiger partial charge in [0.25, 0.3) is 0 Å². The van der Waals surface area contributed by atoms with Crippen molar-refractivity contribution >= 4 is 17.7 Å². The Hall–Kier alpha value is -2.83. The molecule has 0 radical (unpaired) electrons. The number of imidazole rings is 1. The number of carbonyl (C=O) groups is 2. The first-order chi connectivity index (χ1) is 9.65. The Morgan fingerprint density at radius 1 is 1.30 bits per heavy atom. The number of aromatic amines is 1. The number of amides is 2. The van der Waals surface area contributed by atoms with Crippen molar-refractivity contribution in [2.45, 2.75) is 12.5 Å². The number of hydrogen-bond acceptors (Lipinski definition) is 3. The maximum Gasteiger partial charge on any atom is 0.326 e. The van der Waals surface area contributed by atoms with E-state index < -0.39 is 18.0 Å². The third-order valence-corrected chi connectivity index (χ3v) is 2.61. The van der Waals surface area contributed by atoms with Crippen LogP contribution in [0.2, 0.25) is 0 Å². The van der Waals surface area contributed by atoms with E-state index in [0.29, 0.717) is 11.4 Å². The molecule has 0 fully saturated rings. The van der Waals surface area contributed by atoms with Gasteiger partial charge in [0.2, 0.25) is 0 Å². The molecule has 1 aromatic heterocycles. The molecule has 0 spiro atoms. The van der Waals surface area contributed by atoms with E-state index in [1.54, 1.807) is 24.3 Å². The van der Waals surface area contributed by atoms with Crippen LogP contribution in [0.15, 0.2) is 42.9 Å². The Kier molecular flexibility index (Phi) is 4.33. The van der Waals surface area contributed by atoms with Gasteiger partial charge in [0.15, 0.2) is 0 Å². The zero-order chi connectivity index (χ0) is 14.4. The molecule has 1 aromatic carbocycles. The second-order valence-corrected chi connectivity index (χ2v) is 4.14. The number of urea groups is 1. The van der Waals surface area contributed by atoms with E-state index in [2.05, 4.69) is 20.6 Å². The van der Waals surface area contributed by atoms with Gasteiger partial charge in [0, 0.05) is 24.0 Å². The number of benzene rings is 1. The summed E-state index contributed by atoms with van der Waals surface area (Å²) in [5.41, 5.74) is 1.23. The fourth-order valence-corrected chi connectivity index (χ4v) is 1.66. The topological polar surface area (TPSA) is 107 Å². The number of carbonyl (C=O) groups excluding carboxylic acids is 1. The van der Waals surface area contributed by atoms with E-state index in [9.17, 15) is 9.59 Å². The Morgan fingerprint density at radius 2 is 2.05 bits per heavy atom. The van der Waals surface area contributed by atoms with Crippen LogP contribution in [-0.2, 0) is 11.2 Å². The molecule has 1 atom stereocenters. The van der Waals surface area contributed by atoms with Crippen LogP contribution in [0.4, 0.5) is 10.5 Å². The van der Waals surface area contributed by atoms with Crippen LogP contribution >= 0.6 is 0 Å². The van der Waals surface area contributed by atoms with Gasteiger partial charge in [0.1, 0.15) is 6.04 Å². The first-order valence-corrected chi connectivity index (χ1v) is 5.98. The molecule has 0 unspecified atom stereocenters. The van der Waals surface area contributed by atoms with Crippen LogP contribution in [0.3, 0.4) is 0 Å². The molecule has 2 rings (SSSR count). The molecule has 7 heteroatoms. The van der Waals surface area contributed by atoms with Crippen molar-refractivity contribution in [3.63, 3.8) is 0 Å². The molecule has 0 bridgehead atoms. The lowest BCUT2D eigenvalue weighted by atomic mass is 10.2. The molecule has 0 saturated heterocycles. The number of aromatic nitrogens is 2. The second kappa shape index (κ2) is 6.37. The fourth-order valence-electron chi connectivity index (χ4n) is 1.66. The highest BCUT2D eigenvalue weighted by atomic mass is 16.4. The average Bonchev–Trinajstić information content (AvgIpc) is 2.92. The summed E-state index contributed by atoms with van der Waals surface area (Å²) < 4.78 is 0. The monoisotopic (exact) mass is 274 g/mol. The van der Waals surface area contributed by atoms with Crippen LogP contribution in [0.1, 0.15) is 5.69 Å². The van der Waals surface area contributed by atoms with Crippen molar-refractivity contribution in [3.05, 3.63) is 48.5 Å². The van der Waals surface area contributed by atoms with Gasteiger partial charge >= 0.3 is 12.0 Å². The predicted molar refractivity (Wildman–Crippen MR) is 72.3 cm³/mol. The highest BCUT2D eigenvalue weighted by Crippen LogP contribution is 2.05. The van der Waals surface area contributed by atoms with Gasteiger partial charge in [-0.1, -0.05) is 18.2 Å². The van der Waals surface area contributed by atoms with E-state index in [1.165, 1.54) is 12.5 Å². The van der Waals surface area contributed by atoms with Crippen molar-refractivity contribution in [1.82, 2.24) is 15.3 Å². The number of anilines is 1. The number of H-pyrrole nitrogens is 1. The van der Waals surface area contributed by atoms with Crippen LogP contribution in [-0.4, -0.2) is 33.1 Å². The molecule has 2 amide bonds. The summed E-state index contributed by atoms with van der Waals surface area (Å²) in [6.07, 6.45) is 3.11. The normalized spacial score (nSPS) is 11.6. The lowest BCUT2D eigenvalue weighted by Gasteiger charge is -2.14. The highest BCUT2D eigenvalue weighted by molar-refractivity contribution is 5.92. The summed E-state index contributed by atoms with van der Waals surface area (Å²) in [4.78, 5) is 29.5. The van der Waals surface area contributed by atoms with E-state index in [0.717, 1.165) is 0 Å². The Labute approximate surface area is 115 Å². The lowest BCUT2D eigenvalue weighted by Crippen LogP contribution is -2.44. The predicted octanol–water partition coefficient (Wildman–Crippen LogP) is 1.23. The number of aliphatic carboxylic acids is 1. The minimum atomic E-state index is -1.11. The van der Waals surface area contributed by atoms with E-state index in [1.807, 2.05) is 6.07 Å². The van der Waals surface area contributed by atoms with Gasteiger partial charge in [0.05, 0.1) is 6.33 Å². The van der Waals surface area contributed by atoms with Crippen LogP contribution in [0.5, 0.6) is 0 Å². The minimum Gasteiger partial charge on any atom is -0.480 e. The molecule has 0 aliphatic rings. The summed E-state index contributed by atoms with van der Waals surface area (Å²) in [6.45, 7) is 0. The molecular formula is C13H14N4O3. The minimum absolute atomic E-state index is 0.136. The highest BCUT2D eigenvalue weighted by Gasteiger charge is 2.20. The number of rotatable bonds is 5. The largest absolute Gasteiger partial charge is 0.480 e. The molecule has 2 aromatic rings. The number of nitrogens with zero attached hydrogens (tertiary/aromatic N) is 1. The van der Waals surface area contributed by atoms with E-state index >= 15 is 0 Å². The molecule has 104 valence electrons. The standard InChI is InChI=1S/C13H14N4O3/c18-12(19)11(6-10-7-14-8-15-10)17-13(20)16-9-4-2-1-3-5-9/h1-5,7-8,11H,6H2,(H,14,15)(H,18,19)(H2,16,17,20)/t11-/m0/s1. The molecule has 0 aliphatic carbocycles. The molecular weight excluding hydrogens is 260 g/mol. The second-order valence-electron chi connectivity index (χ2n) is 4.14. The third kappa shape index (κ3) is 3.84. The smallest absolute Gasteiger partial charge is 0.326 e. The maximum atomic E-state index is 11.7. The number of para-hydroxylation sites is 1. The Morgan fingerprint density at radius 3 is 2.65 bits per heavy atom. The molecule has 1 heterocycles.